The summed E-state index contributed by atoms with van der Waals surface area (Å²) >= 11 is 0. The number of ether oxygens (including phenoxy) is 4. The predicted octanol–water partition coefficient (Wildman–Crippen LogP) is 5.97. The molecule has 4 aromatic carbocycles. The van der Waals surface area contributed by atoms with Crippen molar-refractivity contribution in [2.24, 2.45) is 0 Å². The van der Waals surface area contributed by atoms with Crippen molar-refractivity contribution >= 4 is 29.4 Å². The molecule has 0 unspecified atom stereocenters. The Balaban J connectivity index is 1.52. The van der Waals surface area contributed by atoms with Gasteiger partial charge >= 0.3 is 0 Å². The van der Waals surface area contributed by atoms with E-state index in [2.05, 4.69) is 0 Å². The lowest BCUT2D eigenvalue weighted by Crippen LogP contribution is -2.56. The van der Waals surface area contributed by atoms with Gasteiger partial charge in [0.25, 0.3) is 23.6 Å². The van der Waals surface area contributed by atoms with Gasteiger partial charge in [0.2, 0.25) is 0 Å². The number of Topliss-reactive ketones (excluding diaryl/α,β-unsaturated/α-hetero) is 1. The largest absolute Gasteiger partial charge is 0.494 e. The van der Waals surface area contributed by atoms with Crippen molar-refractivity contribution in [3.63, 3.8) is 0 Å². The quantitative estimate of drug-likeness (QED) is 0.130. The average Bonchev–Trinajstić information content (AvgIpc) is 3.55. The molecule has 11 heteroatoms. The van der Waals surface area contributed by atoms with E-state index in [1.165, 1.54) is 24.3 Å². The third kappa shape index (κ3) is 6.73. The van der Waals surface area contributed by atoms with Gasteiger partial charge in [-0.25, -0.2) is 0 Å². The SMILES string of the molecule is CCOc1ccc(OCC)c(C[C@@H](C(=O)[C@H](Cc2cc(OCC)ccc2OCC)N2C(=O)c3ccccc3C2=O)N2C(=O)c3ccccc3C2=O)c1. The van der Waals surface area contributed by atoms with Crippen LogP contribution in [0.3, 0.4) is 0 Å². The van der Waals surface area contributed by atoms with Gasteiger partial charge in [-0.1, -0.05) is 24.3 Å². The predicted molar refractivity (Wildman–Crippen MR) is 191 cm³/mol. The van der Waals surface area contributed by atoms with Crippen molar-refractivity contribution in [1.29, 1.82) is 0 Å². The molecule has 6 rings (SSSR count). The lowest BCUT2D eigenvalue weighted by Gasteiger charge is -2.33. The van der Waals surface area contributed by atoms with Gasteiger partial charge in [0, 0.05) is 24.0 Å². The highest BCUT2D eigenvalue weighted by Gasteiger charge is 2.49. The summed E-state index contributed by atoms with van der Waals surface area (Å²) in [7, 11) is 0. The number of carbonyl (C=O) groups excluding carboxylic acids is 5. The molecule has 2 aliphatic heterocycles. The molecular weight excluding hydrogens is 664 g/mol. The summed E-state index contributed by atoms with van der Waals surface area (Å²) in [5.41, 5.74) is 1.60. The van der Waals surface area contributed by atoms with Crippen molar-refractivity contribution < 1.29 is 42.9 Å². The normalized spacial score (nSPS) is 14.6. The van der Waals surface area contributed by atoms with Gasteiger partial charge in [-0.15, -0.1) is 0 Å². The van der Waals surface area contributed by atoms with Crippen LogP contribution in [0, 0.1) is 0 Å². The lowest BCUT2D eigenvalue weighted by atomic mass is 9.91. The van der Waals surface area contributed by atoms with Crippen molar-refractivity contribution in [2.75, 3.05) is 26.4 Å². The van der Waals surface area contributed by atoms with E-state index in [1.807, 2.05) is 27.7 Å². The number of fused-ring (bicyclic) bond motifs is 2. The fourth-order valence-corrected chi connectivity index (χ4v) is 6.80. The van der Waals surface area contributed by atoms with Crippen LogP contribution in [-0.2, 0) is 17.6 Å². The number of ketones is 1. The third-order valence-corrected chi connectivity index (χ3v) is 9.04. The van der Waals surface area contributed by atoms with E-state index in [1.54, 1.807) is 60.7 Å². The molecule has 4 amide bonds. The molecule has 268 valence electrons. The van der Waals surface area contributed by atoms with Gasteiger partial charge in [0.15, 0.2) is 5.78 Å². The van der Waals surface area contributed by atoms with E-state index in [9.17, 15) is 19.2 Å². The summed E-state index contributed by atoms with van der Waals surface area (Å²) in [5.74, 6) is -1.47. The van der Waals surface area contributed by atoms with E-state index in [0.29, 0.717) is 60.6 Å². The Morgan fingerprint density at radius 2 is 0.827 bits per heavy atom. The van der Waals surface area contributed by atoms with E-state index in [0.717, 1.165) is 9.80 Å². The van der Waals surface area contributed by atoms with Crippen LogP contribution in [0.25, 0.3) is 0 Å². The minimum Gasteiger partial charge on any atom is -0.494 e. The van der Waals surface area contributed by atoms with Crippen LogP contribution in [0.15, 0.2) is 84.9 Å². The molecule has 11 nitrogen and oxygen atoms in total. The van der Waals surface area contributed by atoms with Crippen LogP contribution >= 0.6 is 0 Å². The standard InChI is InChI=1S/C41H40N2O9/c1-5-49-27-17-19-35(51-7-3)25(21-27)23-33(42-38(45)29-13-9-10-14-30(29)39(42)46)37(44)34(43-40(47)31-15-11-12-16-32(31)41(43)48)24-26-22-28(50-6-2)18-20-36(26)52-8-4/h9-22,33-34H,5-8,23-24H2,1-4H3/t33-,34-/m0/s1. The molecule has 0 bridgehead atoms. The zero-order chi connectivity index (χ0) is 36.9. The fourth-order valence-electron chi connectivity index (χ4n) is 6.80. The summed E-state index contributed by atoms with van der Waals surface area (Å²) in [6.07, 6.45) is -0.366. The molecule has 0 spiro atoms. The summed E-state index contributed by atoms with van der Waals surface area (Å²) in [5, 5.41) is 0. The second-order valence-corrected chi connectivity index (χ2v) is 12.2. The van der Waals surface area contributed by atoms with Crippen LogP contribution in [0.4, 0.5) is 0 Å². The van der Waals surface area contributed by atoms with E-state index >= 15 is 4.79 Å². The zero-order valence-electron chi connectivity index (χ0n) is 29.5. The minimum atomic E-state index is -1.47. The number of carbonyl (C=O) groups is 5. The highest BCUT2D eigenvalue weighted by molar-refractivity contribution is 6.25. The van der Waals surface area contributed by atoms with Crippen LogP contribution in [0.1, 0.15) is 80.3 Å². The Hall–Kier alpha value is -5.97. The molecule has 0 saturated carbocycles. The first kappa shape index (κ1) is 35.8. The lowest BCUT2D eigenvalue weighted by molar-refractivity contribution is -0.126. The van der Waals surface area contributed by atoms with E-state index < -0.39 is 41.5 Å². The highest BCUT2D eigenvalue weighted by atomic mass is 16.5. The molecule has 52 heavy (non-hydrogen) atoms. The third-order valence-electron chi connectivity index (χ3n) is 9.04. The van der Waals surface area contributed by atoms with Gasteiger partial charge in [-0.3, -0.25) is 33.8 Å². The number of benzene rings is 4. The number of imide groups is 2. The molecular formula is C41H40N2O9. The Kier molecular flexibility index (Phi) is 10.7. The Labute approximate surface area is 302 Å². The Morgan fingerprint density at radius 1 is 0.500 bits per heavy atom. The molecule has 0 fully saturated rings. The highest BCUT2D eigenvalue weighted by Crippen LogP contribution is 2.35. The van der Waals surface area contributed by atoms with Crippen molar-refractivity contribution in [3.8, 4) is 23.0 Å². The second kappa shape index (κ2) is 15.5. The number of hydrogen-bond acceptors (Lipinski definition) is 9. The topological polar surface area (TPSA) is 129 Å². The first-order valence-corrected chi connectivity index (χ1v) is 17.5. The Morgan fingerprint density at radius 3 is 1.13 bits per heavy atom. The summed E-state index contributed by atoms with van der Waals surface area (Å²) in [4.78, 5) is 73.7. The summed E-state index contributed by atoms with van der Waals surface area (Å²) < 4.78 is 23.4. The van der Waals surface area contributed by atoms with Crippen LogP contribution in [0.5, 0.6) is 23.0 Å². The molecule has 0 aromatic heterocycles. The molecule has 2 atom stereocenters. The summed E-state index contributed by atoms with van der Waals surface area (Å²) in [6.45, 7) is 8.67. The maximum atomic E-state index is 15.4. The molecule has 0 saturated heterocycles. The van der Waals surface area contributed by atoms with Crippen molar-refractivity contribution in [3.05, 3.63) is 118 Å². The summed E-state index contributed by atoms with van der Waals surface area (Å²) in [6, 6.07) is 20.1. The number of hydrogen-bond donors (Lipinski definition) is 0. The first-order chi connectivity index (χ1) is 25.2. The molecule has 4 aromatic rings. The number of amides is 4. The van der Waals surface area contributed by atoms with Gasteiger partial charge in [0.05, 0.1) is 48.7 Å². The van der Waals surface area contributed by atoms with Crippen LogP contribution in [-0.4, -0.2) is 77.7 Å². The van der Waals surface area contributed by atoms with Gasteiger partial charge in [0.1, 0.15) is 35.1 Å². The van der Waals surface area contributed by atoms with E-state index in [4.69, 9.17) is 18.9 Å². The monoisotopic (exact) mass is 704 g/mol. The molecule has 2 aliphatic rings. The maximum Gasteiger partial charge on any atom is 0.262 e. The minimum absolute atomic E-state index is 0.152. The van der Waals surface area contributed by atoms with Crippen molar-refractivity contribution in [2.45, 2.75) is 52.6 Å². The zero-order valence-corrected chi connectivity index (χ0v) is 29.5. The Bertz CT molecular complexity index is 1830. The van der Waals surface area contributed by atoms with Gasteiger partial charge < -0.3 is 18.9 Å². The first-order valence-electron chi connectivity index (χ1n) is 17.5. The van der Waals surface area contributed by atoms with Crippen molar-refractivity contribution in [1.82, 2.24) is 9.80 Å². The maximum absolute atomic E-state index is 15.4. The number of rotatable bonds is 16. The number of nitrogens with zero attached hydrogens (tertiary/aromatic N) is 2. The molecule has 0 N–H and O–H groups in total. The fraction of sp³-hybridized carbons (Fsp3) is 0.293. The van der Waals surface area contributed by atoms with Gasteiger partial charge in [-0.2, -0.15) is 0 Å². The smallest absolute Gasteiger partial charge is 0.262 e. The molecule has 2 heterocycles. The molecule has 0 aliphatic carbocycles. The van der Waals surface area contributed by atoms with E-state index in [-0.39, 0.29) is 35.1 Å². The average molecular weight is 705 g/mol. The van der Waals surface area contributed by atoms with Crippen LogP contribution in [0.2, 0.25) is 0 Å². The second-order valence-electron chi connectivity index (χ2n) is 12.2. The van der Waals surface area contributed by atoms with Crippen LogP contribution < -0.4 is 18.9 Å². The molecule has 0 radical (unpaired) electrons. The van der Waals surface area contributed by atoms with Gasteiger partial charge in [-0.05, 0) is 88.4 Å².